The van der Waals surface area contributed by atoms with Crippen LogP contribution in [-0.2, 0) is 0 Å². The summed E-state index contributed by atoms with van der Waals surface area (Å²) in [6.07, 6.45) is 7.93. The molecule has 1 aromatic rings. The zero-order valence-electron chi connectivity index (χ0n) is 13.1. The van der Waals surface area contributed by atoms with Crippen molar-refractivity contribution in [1.29, 1.82) is 0 Å². The lowest BCUT2D eigenvalue weighted by atomic mass is 9.48. The van der Waals surface area contributed by atoms with Gasteiger partial charge in [-0.25, -0.2) is 4.39 Å². The van der Waals surface area contributed by atoms with Crippen LogP contribution in [-0.4, -0.2) is 11.9 Å². The van der Waals surface area contributed by atoms with Crippen LogP contribution in [0.15, 0.2) is 24.3 Å². The number of hydrogen-bond donors (Lipinski definition) is 1. The van der Waals surface area contributed by atoms with Crippen LogP contribution in [0.2, 0.25) is 0 Å². The smallest absolute Gasteiger partial charge is 0.254 e. The number of benzene rings is 1. The Morgan fingerprint density at radius 3 is 2.23 bits per heavy atom. The molecule has 22 heavy (non-hydrogen) atoms. The summed E-state index contributed by atoms with van der Waals surface area (Å²) < 4.78 is 13.8. The second-order valence-electron chi connectivity index (χ2n) is 7.95. The zero-order valence-corrected chi connectivity index (χ0v) is 13.1. The van der Waals surface area contributed by atoms with Gasteiger partial charge in [-0.2, -0.15) is 0 Å². The zero-order chi connectivity index (χ0) is 15.3. The molecular weight excluding hydrogens is 277 g/mol. The van der Waals surface area contributed by atoms with Gasteiger partial charge in [-0.05, 0) is 80.8 Å². The Balaban J connectivity index is 1.52. The van der Waals surface area contributed by atoms with Crippen molar-refractivity contribution in [3.63, 3.8) is 0 Å². The minimum atomic E-state index is -0.433. The van der Waals surface area contributed by atoms with Crippen LogP contribution in [0.3, 0.4) is 0 Å². The van der Waals surface area contributed by atoms with E-state index in [2.05, 4.69) is 12.2 Å². The lowest BCUT2D eigenvalue weighted by Gasteiger charge is -2.59. The summed E-state index contributed by atoms with van der Waals surface area (Å²) in [5, 5.41) is 3.12. The highest BCUT2D eigenvalue weighted by molar-refractivity contribution is 5.94. The van der Waals surface area contributed by atoms with Crippen LogP contribution in [0.5, 0.6) is 0 Å². The van der Waals surface area contributed by atoms with E-state index >= 15 is 0 Å². The molecule has 0 aliphatic heterocycles. The van der Waals surface area contributed by atoms with Crippen molar-refractivity contribution in [3.05, 3.63) is 35.6 Å². The van der Waals surface area contributed by atoms with Gasteiger partial charge in [-0.15, -0.1) is 0 Å². The van der Waals surface area contributed by atoms with Crippen molar-refractivity contribution < 1.29 is 9.18 Å². The van der Waals surface area contributed by atoms with E-state index in [1.807, 2.05) is 0 Å². The highest BCUT2D eigenvalue weighted by atomic mass is 19.1. The van der Waals surface area contributed by atoms with Crippen LogP contribution >= 0.6 is 0 Å². The maximum Gasteiger partial charge on any atom is 0.254 e. The second kappa shape index (κ2) is 5.07. The van der Waals surface area contributed by atoms with Crippen molar-refractivity contribution in [2.45, 2.75) is 51.5 Å². The summed E-state index contributed by atoms with van der Waals surface area (Å²) in [5.74, 6) is 1.89. The van der Waals surface area contributed by atoms with Gasteiger partial charge in [0.05, 0.1) is 5.56 Å². The molecule has 118 valence electrons. The molecule has 0 heterocycles. The van der Waals surface area contributed by atoms with Gasteiger partial charge < -0.3 is 5.32 Å². The van der Waals surface area contributed by atoms with E-state index < -0.39 is 5.82 Å². The first kappa shape index (κ1) is 14.2. The van der Waals surface area contributed by atoms with Gasteiger partial charge in [-0.1, -0.05) is 12.1 Å². The lowest BCUT2D eigenvalue weighted by Crippen LogP contribution is -2.55. The number of carbonyl (C=O) groups is 1. The summed E-state index contributed by atoms with van der Waals surface area (Å²) in [5.41, 5.74) is 0.425. The molecule has 1 atom stereocenters. The van der Waals surface area contributed by atoms with Crippen molar-refractivity contribution >= 4 is 5.91 Å². The molecule has 4 saturated carbocycles. The maximum atomic E-state index is 13.8. The Morgan fingerprint density at radius 2 is 1.68 bits per heavy atom. The highest BCUT2D eigenvalue weighted by Crippen LogP contribution is 2.61. The number of amides is 1. The van der Waals surface area contributed by atoms with Crippen LogP contribution in [0.4, 0.5) is 4.39 Å². The van der Waals surface area contributed by atoms with Crippen LogP contribution in [0, 0.1) is 29.0 Å². The molecule has 1 aromatic carbocycles. The van der Waals surface area contributed by atoms with Crippen LogP contribution in [0.1, 0.15) is 55.8 Å². The Kier molecular flexibility index (Phi) is 3.28. The topological polar surface area (TPSA) is 29.1 Å². The van der Waals surface area contributed by atoms with Gasteiger partial charge in [0, 0.05) is 6.04 Å². The maximum absolute atomic E-state index is 13.8. The van der Waals surface area contributed by atoms with Gasteiger partial charge in [0.1, 0.15) is 5.82 Å². The average molecular weight is 301 g/mol. The molecule has 5 rings (SSSR count). The average Bonchev–Trinajstić information content (AvgIpc) is 2.46. The fourth-order valence-electron chi connectivity index (χ4n) is 5.78. The van der Waals surface area contributed by atoms with E-state index in [1.54, 1.807) is 18.2 Å². The van der Waals surface area contributed by atoms with Gasteiger partial charge in [-0.3, -0.25) is 4.79 Å². The monoisotopic (exact) mass is 301 g/mol. The first-order chi connectivity index (χ1) is 10.6. The first-order valence-electron chi connectivity index (χ1n) is 8.61. The molecule has 0 unspecified atom stereocenters. The molecule has 4 bridgehead atoms. The molecule has 2 nitrogen and oxygen atoms in total. The molecule has 0 radical (unpaired) electrons. The number of nitrogens with one attached hydrogen (secondary N) is 1. The third kappa shape index (κ3) is 2.26. The van der Waals surface area contributed by atoms with Gasteiger partial charge in [0.25, 0.3) is 5.91 Å². The van der Waals surface area contributed by atoms with E-state index in [1.165, 1.54) is 44.6 Å². The van der Waals surface area contributed by atoms with E-state index in [0.29, 0.717) is 0 Å². The summed E-state index contributed by atoms with van der Waals surface area (Å²) in [6, 6.07) is 6.39. The third-order valence-electron chi connectivity index (χ3n) is 6.47. The van der Waals surface area contributed by atoms with Crippen molar-refractivity contribution in [3.8, 4) is 0 Å². The Morgan fingerprint density at radius 1 is 1.14 bits per heavy atom. The molecule has 4 aliphatic rings. The van der Waals surface area contributed by atoms with Crippen LogP contribution < -0.4 is 5.32 Å². The Bertz CT molecular complexity index is 562. The van der Waals surface area contributed by atoms with Gasteiger partial charge >= 0.3 is 0 Å². The molecule has 4 fully saturated rings. The molecule has 0 saturated heterocycles. The Hall–Kier alpha value is -1.38. The summed E-state index contributed by atoms with van der Waals surface area (Å²) in [7, 11) is 0. The standard InChI is InChI=1S/C19H24FNO/c1-12(21-18(22)16-4-2-3-5-17(16)20)19-9-13-6-14(10-19)8-15(7-13)11-19/h2-5,12-15H,6-11H2,1H3,(H,21,22)/t12-,13?,14?,15?,19?/m0/s1. The third-order valence-corrected chi connectivity index (χ3v) is 6.47. The summed E-state index contributed by atoms with van der Waals surface area (Å²) >= 11 is 0. The van der Waals surface area contributed by atoms with Crippen LogP contribution in [0.25, 0.3) is 0 Å². The SMILES string of the molecule is C[C@H](NC(=O)c1ccccc1F)C12CC3CC(CC(C3)C1)C2. The van der Waals surface area contributed by atoms with E-state index in [9.17, 15) is 9.18 Å². The first-order valence-corrected chi connectivity index (χ1v) is 8.61. The molecule has 1 amide bonds. The van der Waals surface area contributed by atoms with E-state index in [-0.39, 0.29) is 22.9 Å². The number of halogens is 1. The largest absolute Gasteiger partial charge is 0.349 e. The normalized spacial score (nSPS) is 37.1. The molecular formula is C19H24FNO. The quantitative estimate of drug-likeness (QED) is 0.892. The molecule has 0 aromatic heterocycles. The number of carbonyl (C=O) groups excluding carboxylic acids is 1. The second-order valence-corrected chi connectivity index (χ2v) is 7.95. The minimum Gasteiger partial charge on any atom is -0.349 e. The number of rotatable bonds is 3. The van der Waals surface area contributed by atoms with E-state index in [0.717, 1.165) is 17.8 Å². The van der Waals surface area contributed by atoms with Crippen molar-refractivity contribution in [2.24, 2.45) is 23.2 Å². The van der Waals surface area contributed by atoms with Gasteiger partial charge in [0.2, 0.25) is 0 Å². The number of hydrogen-bond acceptors (Lipinski definition) is 1. The summed E-state index contributed by atoms with van der Waals surface area (Å²) in [6.45, 7) is 2.13. The molecule has 0 spiro atoms. The van der Waals surface area contributed by atoms with Gasteiger partial charge in [0.15, 0.2) is 0 Å². The Labute approximate surface area is 131 Å². The lowest BCUT2D eigenvalue weighted by molar-refractivity contribution is -0.0688. The fraction of sp³-hybridized carbons (Fsp3) is 0.632. The fourth-order valence-corrected chi connectivity index (χ4v) is 5.78. The molecule has 3 heteroatoms. The molecule has 1 N–H and O–H groups in total. The van der Waals surface area contributed by atoms with Crippen molar-refractivity contribution in [1.82, 2.24) is 5.32 Å². The molecule has 4 aliphatic carbocycles. The minimum absolute atomic E-state index is 0.132. The predicted octanol–water partition coefficient (Wildman–Crippen LogP) is 4.16. The van der Waals surface area contributed by atoms with Crippen molar-refractivity contribution in [2.75, 3.05) is 0 Å². The summed E-state index contributed by atoms with van der Waals surface area (Å²) in [4.78, 5) is 12.4. The van der Waals surface area contributed by atoms with E-state index in [4.69, 9.17) is 0 Å². The predicted molar refractivity (Wildman–Crippen MR) is 83.9 cm³/mol. The highest BCUT2D eigenvalue weighted by Gasteiger charge is 2.53.